The van der Waals surface area contributed by atoms with Crippen LogP contribution in [0.5, 0.6) is 5.75 Å². The second-order valence-corrected chi connectivity index (χ2v) is 5.12. The van der Waals surface area contributed by atoms with Crippen molar-refractivity contribution in [3.05, 3.63) is 40.9 Å². The SMILES string of the molecule is COc1ccc(C)cc1-c1nc2c(N)cc(Cl)cc2[nH]1. The molecule has 5 heteroatoms. The van der Waals surface area contributed by atoms with Gasteiger partial charge in [0.1, 0.15) is 17.1 Å². The Morgan fingerprint density at radius 3 is 2.80 bits per heavy atom. The smallest absolute Gasteiger partial charge is 0.142 e. The molecule has 0 saturated heterocycles. The summed E-state index contributed by atoms with van der Waals surface area (Å²) in [4.78, 5) is 7.79. The third-order valence-corrected chi connectivity index (χ3v) is 3.41. The Morgan fingerprint density at radius 2 is 2.05 bits per heavy atom. The zero-order valence-electron chi connectivity index (χ0n) is 11.2. The lowest BCUT2D eigenvalue weighted by Gasteiger charge is -2.06. The fraction of sp³-hybridized carbons (Fsp3) is 0.133. The number of aromatic amines is 1. The van der Waals surface area contributed by atoms with Gasteiger partial charge in [-0.3, -0.25) is 0 Å². The maximum atomic E-state index is 6.01. The van der Waals surface area contributed by atoms with Crippen LogP contribution in [0.15, 0.2) is 30.3 Å². The third-order valence-electron chi connectivity index (χ3n) is 3.19. The van der Waals surface area contributed by atoms with E-state index >= 15 is 0 Å². The second-order valence-electron chi connectivity index (χ2n) is 4.68. The van der Waals surface area contributed by atoms with Gasteiger partial charge in [-0.1, -0.05) is 23.2 Å². The van der Waals surface area contributed by atoms with Gasteiger partial charge in [0, 0.05) is 5.02 Å². The number of nitrogens with two attached hydrogens (primary N) is 1. The van der Waals surface area contributed by atoms with Gasteiger partial charge in [0.25, 0.3) is 0 Å². The number of aromatic nitrogens is 2. The number of hydrogen-bond donors (Lipinski definition) is 2. The van der Waals surface area contributed by atoms with Crippen molar-refractivity contribution < 1.29 is 4.74 Å². The topological polar surface area (TPSA) is 63.9 Å². The van der Waals surface area contributed by atoms with Crippen LogP contribution in [0.1, 0.15) is 5.56 Å². The van der Waals surface area contributed by atoms with Crippen LogP contribution < -0.4 is 10.5 Å². The van der Waals surface area contributed by atoms with E-state index in [2.05, 4.69) is 9.97 Å². The lowest BCUT2D eigenvalue weighted by Crippen LogP contribution is -1.90. The molecule has 1 heterocycles. The fourth-order valence-electron chi connectivity index (χ4n) is 2.24. The van der Waals surface area contributed by atoms with Crippen LogP contribution >= 0.6 is 11.6 Å². The van der Waals surface area contributed by atoms with Gasteiger partial charge in [-0.15, -0.1) is 0 Å². The fourth-order valence-corrected chi connectivity index (χ4v) is 2.47. The summed E-state index contributed by atoms with van der Waals surface area (Å²) in [5, 5.41) is 0.585. The van der Waals surface area contributed by atoms with Crippen molar-refractivity contribution >= 4 is 28.3 Å². The van der Waals surface area contributed by atoms with Crippen molar-refractivity contribution in [2.75, 3.05) is 12.8 Å². The average molecular weight is 288 g/mol. The van der Waals surface area contributed by atoms with Crippen LogP contribution in [-0.2, 0) is 0 Å². The molecule has 20 heavy (non-hydrogen) atoms. The van der Waals surface area contributed by atoms with E-state index in [9.17, 15) is 0 Å². The van der Waals surface area contributed by atoms with Crippen LogP contribution in [0.2, 0.25) is 5.02 Å². The van der Waals surface area contributed by atoms with E-state index in [1.54, 1.807) is 13.2 Å². The standard InChI is InChI=1S/C15H14ClN3O/c1-8-3-4-13(20-2)10(5-8)15-18-12-7-9(16)6-11(17)14(12)19-15/h3-7H,17H2,1-2H3,(H,18,19). The number of hydrogen-bond acceptors (Lipinski definition) is 3. The molecule has 0 unspecified atom stereocenters. The molecule has 0 atom stereocenters. The average Bonchev–Trinajstić information content (AvgIpc) is 2.82. The number of nitrogens with zero attached hydrogens (tertiary/aromatic N) is 1. The first kappa shape index (κ1) is 12.8. The van der Waals surface area contributed by atoms with Crippen molar-refractivity contribution in [3.8, 4) is 17.1 Å². The molecule has 3 N–H and O–H groups in total. The van der Waals surface area contributed by atoms with Crippen molar-refractivity contribution in [2.45, 2.75) is 6.92 Å². The zero-order valence-corrected chi connectivity index (χ0v) is 12.0. The molecule has 0 aliphatic rings. The molecule has 0 radical (unpaired) electrons. The normalized spacial score (nSPS) is 10.9. The lowest BCUT2D eigenvalue weighted by molar-refractivity contribution is 0.416. The summed E-state index contributed by atoms with van der Waals surface area (Å²) >= 11 is 6.01. The Kier molecular flexibility index (Phi) is 3.03. The number of rotatable bonds is 2. The molecular formula is C15H14ClN3O. The maximum absolute atomic E-state index is 6.01. The summed E-state index contributed by atoms with van der Waals surface area (Å²) in [6.07, 6.45) is 0. The summed E-state index contributed by atoms with van der Waals surface area (Å²) in [6, 6.07) is 9.45. The summed E-state index contributed by atoms with van der Waals surface area (Å²) < 4.78 is 5.39. The predicted molar refractivity (Wildman–Crippen MR) is 82.2 cm³/mol. The van der Waals surface area contributed by atoms with Crippen molar-refractivity contribution in [1.29, 1.82) is 0 Å². The van der Waals surface area contributed by atoms with Gasteiger partial charge < -0.3 is 15.5 Å². The number of halogens is 1. The number of anilines is 1. The Hall–Kier alpha value is -2.20. The summed E-state index contributed by atoms with van der Waals surface area (Å²) in [5.41, 5.74) is 10.1. The molecule has 3 aromatic rings. The summed E-state index contributed by atoms with van der Waals surface area (Å²) in [5.74, 6) is 1.48. The molecule has 0 aliphatic heterocycles. The molecule has 0 aliphatic carbocycles. The van der Waals surface area contributed by atoms with E-state index in [4.69, 9.17) is 22.1 Å². The minimum absolute atomic E-state index is 0.557. The molecule has 4 nitrogen and oxygen atoms in total. The first-order valence-corrected chi connectivity index (χ1v) is 6.56. The number of ether oxygens (including phenoxy) is 1. The van der Waals surface area contributed by atoms with Crippen molar-refractivity contribution in [1.82, 2.24) is 9.97 Å². The monoisotopic (exact) mass is 287 g/mol. The Bertz CT molecular complexity index is 795. The van der Waals surface area contributed by atoms with Gasteiger partial charge in [-0.2, -0.15) is 0 Å². The van der Waals surface area contributed by atoms with Gasteiger partial charge in [-0.25, -0.2) is 4.98 Å². The number of nitrogen functional groups attached to an aromatic ring is 1. The van der Waals surface area contributed by atoms with Crippen LogP contribution in [0.4, 0.5) is 5.69 Å². The largest absolute Gasteiger partial charge is 0.496 e. The number of imidazole rings is 1. The minimum Gasteiger partial charge on any atom is -0.496 e. The van der Waals surface area contributed by atoms with Crippen LogP contribution in [0, 0.1) is 6.92 Å². The van der Waals surface area contributed by atoms with E-state index in [0.717, 1.165) is 28.2 Å². The highest BCUT2D eigenvalue weighted by atomic mass is 35.5. The van der Waals surface area contributed by atoms with E-state index in [1.807, 2.05) is 31.2 Å². The van der Waals surface area contributed by atoms with Gasteiger partial charge in [0.05, 0.1) is 23.9 Å². The van der Waals surface area contributed by atoms with Gasteiger partial charge in [0.2, 0.25) is 0 Å². The predicted octanol–water partition coefficient (Wildman–Crippen LogP) is 3.78. The molecule has 0 amide bonds. The maximum Gasteiger partial charge on any atom is 0.142 e. The number of methoxy groups -OCH3 is 1. The first-order valence-electron chi connectivity index (χ1n) is 6.18. The minimum atomic E-state index is 0.557. The molecule has 102 valence electrons. The second kappa shape index (κ2) is 4.72. The van der Waals surface area contributed by atoms with Crippen LogP contribution in [-0.4, -0.2) is 17.1 Å². The Labute approximate surface area is 121 Å². The van der Waals surface area contributed by atoms with Crippen LogP contribution in [0.25, 0.3) is 22.4 Å². The molecule has 2 aromatic carbocycles. The third kappa shape index (κ3) is 2.08. The number of H-pyrrole nitrogens is 1. The number of benzene rings is 2. The van der Waals surface area contributed by atoms with Gasteiger partial charge in [0.15, 0.2) is 0 Å². The molecule has 0 spiro atoms. The highest BCUT2D eigenvalue weighted by molar-refractivity contribution is 6.31. The summed E-state index contributed by atoms with van der Waals surface area (Å²) in [6.45, 7) is 2.02. The van der Waals surface area contributed by atoms with E-state index < -0.39 is 0 Å². The lowest BCUT2D eigenvalue weighted by atomic mass is 10.1. The quantitative estimate of drug-likeness (QED) is 0.705. The highest BCUT2D eigenvalue weighted by Crippen LogP contribution is 2.32. The number of fused-ring (bicyclic) bond motifs is 1. The van der Waals surface area contributed by atoms with E-state index in [1.165, 1.54) is 0 Å². The first-order chi connectivity index (χ1) is 9.58. The summed E-state index contributed by atoms with van der Waals surface area (Å²) in [7, 11) is 1.64. The molecule has 3 rings (SSSR count). The van der Waals surface area contributed by atoms with Gasteiger partial charge >= 0.3 is 0 Å². The highest BCUT2D eigenvalue weighted by Gasteiger charge is 2.12. The number of nitrogens with one attached hydrogen (secondary N) is 1. The molecule has 0 saturated carbocycles. The molecular weight excluding hydrogens is 274 g/mol. The van der Waals surface area contributed by atoms with E-state index in [-0.39, 0.29) is 0 Å². The molecule has 0 bridgehead atoms. The van der Waals surface area contributed by atoms with Crippen LogP contribution in [0.3, 0.4) is 0 Å². The van der Waals surface area contributed by atoms with Gasteiger partial charge in [-0.05, 0) is 31.2 Å². The van der Waals surface area contributed by atoms with E-state index in [0.29, 0.717) is 16.2 Å². The van der Waals surface area contributed by atoms with Crippen molar-refractivity contribution in [3.63, 3.8) is 0 Å². The zero-order chi connectivity index (χ0) is 14.3. The molecule has 1 aromatic heterocycles. The Balaban J connectivity index is 2.25. The number of aryl methyl sites for hydroxylation is 1. The Morgan fingerprint density at radius 1 is 1.25 bits per heavy atom. The molecule has 0 fully saturated rings. The van der Waals surface area contributed by atoms with Crippen molar-refractivity contribution in [2.24, 2.45) is 0 Å².